The minimum Gasteiger partial charge on any atom is -0.388 e. The van der Waals surface area contributed by atoms with Crippen LogP contribution in [0.1, 0.15) is 11.0 Å². The molecule has 60 valence electrons. The monoisotopic (exact) mass is 185 g/mol. The predicted octanol–water partition coefficient (Wildman–Crippen LogP) is 2.48. The minimum atomic E-state index is 0.429. The molecule has 0 aromatic heterocycles. The molecule has 3 heteroatoms. The van der Waals surface area contributed by atoms with Gasteiger partial charge >= 0.3 is 0 Å². The van der Waals surface area contributed by atoms with E-state index >= 15 is 0 Å². The van der Waals surface area contributed by atoms with Crippen molar-refractivity contribution in [3.8, 4) is 0 Å². The molecule has 1 aromatic carbocycles. The molecule has 0 spiro atoms. The van der Waals surface area contributed by atoms with E-state index in [4.69, 9.17) is 0 Å². The molecule has 1 nitrogen and oxygen atoms in total. The molecular weight excluding hydrogens is 172 g/mol. The van der Waals surface area contributed by atoms with Gasteiger partial charge in [0.05, 0.1) is 0 Å². The maximum Gasteiger partial charge on any atom is 0.0379 e. The standard InChI is InChI=1S/C8H13NP2/c1-9-7-5-3-2-4-6(7)8(10)11/h2-5,8-9H,10-11H2,1H3. The van der Waals surface area contributed by atoms with Crippen molar-refractivity contribution in [2.45, 2.75) is 5.40 Å². The predicted molar refractivity (Wildman–Crippen MR) is 58.1 cm³/mol. The summed E-state index contributed by atoms with van der Waals surface area (Å²) in [4.78, 5) is 0. The van der Waals surface area contributed by atoms with E-state index in [1.165, 1.54) is 11.3 Å². The van der Waals surface area contributed by atoms with Crippen molar-refractivity contribution in [3.63, 3.8) is 0 Å². The van der Waals surface area contributed by atoms with Crippen LogP contribution in [0.2, 0.25) is 0 Å². The highest BCUT2D eigenvalue weighted by Crippen LogP contribution is 2.34. The zero-order valence-corrected chi connectivity index (χ0v) is 8.85. The number of rotatable bonds is 2. The summed E-state index contributed by atoms with van der Waals surface area (Å²) >= 11 is 0. The van der Waals surface area contributed by atoms with E-state index in [1.54, 1.807) is 0 Å². The second-order valence-electron chi connectivity index (χ2n) is 2.36. The van der Waals surface area contributed by atoms with Crippen LogP contribution < -0.4 is 5.32 Å². The third-order valence-corrected chi connectivity index (χ3v) is 2.31. The number of nitrogens with one attached hydrogen (secondary N) is 1. The van der Waals surface area contributed by atoms with Gasteiger partial charge in [-0.05, 0) is 11.6 Å². The zero-order valence-electron chi connectivity index (χ0n) is 6.54. The first-order valence-electron chi connectivity index (χ1n) is 3.53. The first-order valence-corrected chi connectivity index (χ1v) is 4.87. The molecule has 0 fully saturated rings. The van der Waals surface area contributed by atoms with Crippen molar-refractivity contribution in [3.05, 3.63) is 29.8 Å². The Morgan fingerprint density at radius 2 is 1.91 bits per heavy atom. The number of benzene rings is 1. The van der Waals surface area contributed by atoms with Crippen LogP contribution in [0.4, 0.5) is 5.69 Å². The zero-order chi connectivity index (χ0) is 8.27. The molecule has 0 aliphatic carbocycles. The molecule has 0 aliphatic heterocycles. The van der Waals surface area contributed by atoms with E-state index in [0.29, 0.717) is 5.40 Å². The Hall–Kier alpha value is -0.120. The van der Waals surface area contributed by atoms with Crippen LogP contribution in [0.3, 0.4) is 0 Å². The molecule has 0 heterocycles. The summed E-state index contributed by atoms with van der Waals surface area (Å²) in [6.45, 7) is 0. The third-order valence-electron chi connectivity index (χ3n) is 1.59. The molecule has 2 atom stereocenters. The minimum absolute atomic E-state index is 0.429. The first-order chi connectivity index (χ1) is 5.25. The van der Waals surface area contributed by atoms with E-state index in [1.807, 2.05) is 13.1 Å². The summed E-state index contributed by atoms with van der Waals surface area (Å²) in [5, 5.41) is 3.58. The average Bonchev–Trinajstić information content (AvgIpc) is 2.04. The number of para-hydroxylation sites is 1. The maximum atomic E-state index is 3.15. The van der Waals surface area contributed by atoms with E-state index in [9.17, 15) is 0 Å². The molecule has 0 aliphatic rings. The topological polar surface area (TPSA) is 12.0 Å². The second-order valence-corrected chi connectivity index (χ2v) is 4.57. The van der Waals surface area contributed by atoms with Crippen molar-refractivity contribution >= 4 is 24.2 Å². The Labute approximate surface area is 72.4 Å². The lowest BCUT2D eigenvalue weighted by Gasteiger charge is -2.10. The van der Waals surface area contributed by atoms with Crippen molar-refractivity contribution in [2.24, 2.45) is 0 Å². The second kappa shape index (κ2) is 4.04. The smallest absolute Gasteiger partial charge is 0.0379 e. The van der Waals surface area contributed by atoms with Crippen LogP contribution in [0.15, 0.2) is 24.3 Å². The highest BCUT2D eigenvalue weighted by Gasteiger charge is 2.02. The molecule has 0 amide bonds. The van der Waals surface area contributed by atoms with Crippen molar-refractivity contribution in [1.82, 2.24) is 0 Å². The first kappa shape index (κ1) is 8.97. The van der Waals surface area contributed by atoms with Gasteiger partial charge in [0.15, 0.2) is 0 Å². The Morgan fingerprint density at radius 1 is 1.27 bits per heavy atom. The van der Waals surface area contributed by atoms with Gasteiger partial charge in [-0.2, -0.15) is 0 Å². The lowest BCUT2D eigenvalue weighted by atomic mass is 10.2. The Bertz CT molecular complexity index is 235. The van der Waals surface area contributed by atoms with Gasteiger partial charge < -0.3 is 5.32 Å². The molecule has 1 N–H and O–H groups in total. The summed E-state index contributed by atoms with van der Waals surface area (Å²) in [5.41, 5.74) is 2.51. The number of anilines is 1. The van der Waals surface area contributed by atoms with Gasteiger partial charge in [-0.25, -0.2) is 0 Å². The lowest BCUT2D eigenvalue weighted by Crippen LogP contribution is -1.93. The molecule has 1 rings (SSSR count). The van der Waals surface area contributed by atoms with E-state index in [2.05, 4.69) is 42.0 Å². The molecule has 2 unspecified atom stereocenters. The van der Waals surface area contributed by atoms with E-state index in [-0.39, 0.29) is 0 Å². The van der Waals surface area contributed by atoms with Crippen molar-refractivity contribution in [2.75, 3.05) is 12.4 Å². The molecular formula is C8H13NP2. The van der Waals surface area contributed by atoms with Crippen LogP contribution >= 0.6 is 18.5 Å². The summed E-state index contributed by atoms with van der Waals surface area (Å²) in [5.74, 6) is 0. The Morgan fingerprint density at radius 3 is 2.36 bits per heavy atom. The van der Waals surface area contributed by atoms with Crippen LogP contribution in [0.25, 0.3) is 0 Å². The van der Waals surface area contributed by atoms with Gasteiger partial charge in [-0.1, -0.05) is 18.2 Å². The van der Waals surface area contributed by atoms with Gasteiger partial charge in [-0.15, -0.1) is 18.5 Å². The van der Waals surface area contributed by atoms with Gasteiger partial charge in [-0.3, -0.25) is 0 Å². The molecule has 11 heavy (non-hydrogen) atoms. The summed E-state index contributed by atoms with van der Waals surface area (Å²) in [7, 11) is 7.46. The van der Waals surface area contributed by atoms with Crippen LogP contribution in [-0.2, 0) is 0 Å². The van der Waals surface area contributed by atoms with Crippen LogP contribution in [-0.4, -0.2) is 7.05 Å². The Balaban J connectivity index is 3.02. The summed E-state index contributed by atoms with van der Waals surface area (Å²) in [6.07, 6.45) is 0. The number of hydrogen-bond donors (Lipinski definition) is 1. The molecule has 0 saturated carbocycles. The summed E-state index contributed by atoms with van der Waals surface area (Å²) < 4.78 is 0. The fourth-order valence-electron chi connectivity index (χ4n) is 1.02. The van der Waals surface area contributed by atoms with Gasteiger partial charge in [0.2, 0.25) is 0 Å². The van der Waals surface area contributed by atoms with Crippen LogP contribution in [0.5, 0.6) is 0 Å². The average molecular weight is 185 g/mol. The van der Waals surface area contributed by atoms with E-state index < -0.39 is 0 Å². The molecule has 0 radical (unpaired) electrons. The maximum absolute atomic E-state index is 3.15. The van der Waals surface area contributed by atoms with Crippen molar-refractivity contribution in [1.29, 1.82) is 0 Å². The quantitative estimate of drug-likeness (QED) is 0.698. The van der Waals surface area contributed by atoms with Gasteiger partial charge in [0, 0.05) is 18.1 Å². The molecule has 1 aromatic rings. The van der Waals surface area contributed by atoms with Crippen LogP contribution in [0, 0.1) is 0 Å². The lowest BCUT2D eigenvalue weighted by molar-refractivity contribution is 1.35. The molecule has 0 saturated heterocycles. The number of hydrogen-bond acceptors (Lipinski definition) is 1. The SMILES string of the molecule is CNc1ccccc1C(P)P. The fourth-order valence-corrected chi connectivity index (χ4v) is 1.60. The fraction of sp³-hybridized carbons (Fsp3) is 0.250. The van der Waals surface area contributed by atoms with E-state index in [0.717, 1.165) is 0 Å². The van der Waals surface area contributed by atoms with Gasteiger partial charge in [0.1, 0.15) is 0 Å². The third kappa shape index (κ3) is 2.15. The largest absolute Gasteiger partial charge is 0.388 e. The summed E-state index contributed by atoms with van der Waals surface area (Å²) in [6, 6.07) is 8.29. The molecule has 0 bridgehead atoms. The normalized spacial score (nSPS) is 10.2. The van der Waals surface area contributed by atoms with Crippen molar-refractivity contribution < 1.29 is 0 Å². The Kier molecular flexibility index (Phi) is 3.30. The highest BCUT2D eigenvalue weighted by atomic mass is 31.1. The van der Waals surface area contributed by atoms with Gasteiger partial charge in [0.25, 0.3) is 0 Å². The highest BCUT2D eigenvalue weighted by molar-refractivity contribution is 7.37.